The second kappa shape index (κ2) is 11.1. The molecule has 0 aliphatic carbocycles. The van der Waals surface area contributed by atoms with Crippen LogP contribution in [0.3, 0.4) is 0 Å². The van der Waals surface area contributed by atoms with E-state index >= 15 is 0 Å². The van der Waals surface area contributed by atoms with Crippen LogP contribution in [-0.4, -0.2) is 89.4 Å². The summed E-state index contributed by atoms with van der Waals surface area (Å²) in [5, 5.41) is 9.12. The number of anilines is 2. The number of nitrogens with one attached hydrogen (secondary N) is 1. The first-order chi connectivity index (χ1) is 19.1. The van der Waals surface area contributed by atoms with E-state index in [0.29, 0.717) is 18.8 Å². The summed E-state index contributed by atoms with van der Waals surface area (Å²) in [7, 11) is 2.17. The second-order valence-corrected chi connectivity index (χ2v) is 10.6. The van der Waals surface area contributed by atoms with Crippen molar-refractivity contribution in [3.8, 4) is 0 Å². The minimum absolute atomic E-state index is 0.0520. The molecule has 2 unspecified atom stereocenters. The van der Waals surface area contributed by atoms with Gasteiger partial charge in [-0.25, -0.2) is 0 Å². The summed E-state index contributed by atoms with van der Waals surface area (Å²) in [6.45, 7) is 5.27. The zero-order valence-corrected chi connectivity index (χ0v) is 22.3. The van der Waals surface area contributed by atoms with E-state index in [-0.39, 0.29) is 12.1 Å². The smallest absolute Gasteiger partial charge is 0.250 e. The number of pyridine rings is 1. The van der Waals surface area contributed by atoms with Gasteiger partial charge in [-0.05, 0) is 61.3 Å². The molecule has 2 atom stereocenters. The van der Waals surface area contributed by atoms with Crippen LogP contribution in [0.1, 0.15) is 27.9 Å². The van der Waals surface area contributed by atoms with Crippen molar-refractivity contribution in [3.05, 3.63) is 83.7 Å². The van der Waals surface area contributed by atoms with Crippen LogP contribution >= 0.6 is 0 Å². The number of likely N-dealkylation sites (N-methyl/N-ethyl adjacent to an activating group) is 1. The number of para-hydroxylation sites is 1. The molecule has 2 aliphatic rings. The Morgan fingerprint density at radius 3 is 2.74 bits per heavy atom. The molecule has 9 heteroatoms. The fraction of sp³-hybridized carbons (Fsp3) is 0.367. The summed E-state index contributed by atoms with van der Waals surface area (Å²) < 4.78 is 6.04. The number of carbonyl (C=O) groups is 1. The van der Waals surface area contributed by atoms with Gasteiger partial charge in [-0.3, -0.25) is 19.8 Å². The van der Waals surface area contributed by atoms with Crippen molar-refractivity contribution in [1.82, 2.24) is 25.0 Å². The average Bonchev–Trinajstić information content (AvgIpc) is 3.38. The molecule has 2 aromatic carbocycles. The molecule has 2 aliphatic heterocycles. The molecule has 0 saturated carbocycles. The lowest BCUT2D eigenvalue weighted by atomic mass is 9.96. The number of benzene rings is 2. The van der Waals surface area contributed by atoms with E-state index in [1.807, 2.05) is 30.5 Å². The van der Waals surface area contributed by atoms with E-state index in [0.717, 1.165) is 67.0 Å². The van der Waals surface area contributed by atoms with Crippen molar-refractivity contribution in [2.45, 2.75) is 24.9 Å². The highest BCUT2D eigenvalue weighted by Crippen LogP contribution is 2.38. The number of ether oxygens (including phenoxy) is 1. The lowest BCUT2D eigenvalue weighted by Gasteiger charge is -2.47. The Labute approximate surface area is 228 Å². The molecule has 4 heterocycles. The van der Waals surface area contributed by atoms with Crippen molar-refractivity contribution in [2.75, 3.05) is 51.3 Å². The molecule has 0 spiro atoms. The monoisotopic (exact) mass is 525 g/mol. The number of nitrogens with two attached hydrogens (primary N) is 1. The molecule has 9 nitrogen and oxygen atoms in total. The molecule has 0 radical (unpaired) electrons. The van der Waals surface area contributed by atoms with Crippen LogP contribution < -0.4 is 10.6 Å². The molecular weight excluding hydrogens is 490 g/mol. The topological polar surface area (TPSA) is 104 Å². The van der Waals surface area contributed by atoms with Gasteiger partial charge in [0, 0.05) is 50.6 Å². The average molecular weight is 526 g/mol. The molecule has 4 aromatic rings. The van der Waals surface area contributed by atoms with Crippen LogP contribution in [0.5, 0.6) is 0 Å². The summed E-state index contributed by atoms with van der Waals surface area (Å²) in [4.78, 5) is 24.1. The normalized spacial score (nSPS) is 20.7. The maximum atomic E-state index is 12.6. The molecular formula is C30H35N7O2. The van der Waals surface area contributed by atoms with E-state index < -0.39 is 5.91 Å². The Morgan fingerprint density at radius 1 is 1.10 bits per heavy atom. The highest BCUT2D eigenvalue weighted by Gasteiger charge is 2.39. The molecule has 39 heavy (non-hydrogen) atoms. The third kappa shape index (κ3) is 5.25. The van der Waals surface area contributed by atoms with Gasteiger partial charge in [0.15, 0.2) is 5.82 Å². The number of hydrogen-bond acceptors (Lipinski definition) is 7. The summed E-state index contributed by atoms with van der Waals surface area (Å²) in [5.41, 5.74) is 10.4. The van der Waals surface area contributed by atoms with Gasteiger partial charge in [0.1, 0.15) is 0 Å². The van der Waals surface area contributed by atoms with Gasteiger partial charge in [-0.2, -0.15) is 5.10 Å². The van der Waals surface area contributed by atoms with Crippen LogP contribution in [0.25, 0.3) is 10.9 Å². The maximum absolute atomic E-state index is 12.6. The minimum atomic E-state index is -0.448. The second-order valence-electron chi connectivity index (χ2n) is 10.6. The largest absolute Gasteiger partial charge is 0.380 e. The molecule has 202 valence electrons. The fourth-order valence-corrected chi connectivity index (χ4v) is 5.94. The van der Waals surface area contributed by atoms with Crippen LogP contribution in [0, 0.1) is 0 Å². The number of nitrogens with zero attached hydrogens (tertiary/aromatic N) is 5. The zero-order chi connectivity index (χ0) is 26.8. The molecule has 1 amide bonds. The lowest BCUT2D eigenvalue weighted by Crippen LogP contribution is -2.60. The number of carbonyl (C=O) groups excluding carboxylic acids is 1. The number of fused-ring (bicyclic) bond motifs is 1. The number of piperazine rings is 1. The van der Waals surface area contributed by atoms with Gasteiger partial charge in [-0.15, -0.1) is 0 Å². The standard InChI is InChI=1S/C30H35N7O2/c1-35-12-14-36(15-13-35)28-20-39-16-10-27(28)37(26-7-3-2-6-23(26)29(31)38)30-24-18-21(8-9-25(24)33-34-30)17-22-5-4-11-32-19-22/h2-9,11,18-19,27-28H,10,12-17,20H2,1H3,(H2,31,38)(H,33,34). The highest BCUT2D eigenvalue weighted by molar-refractivity contribution is 6.01. The number of aromatic amines is 1. The predicted octanol–water partition coefficient (Wildman–Crippen LogP) is 3.19. The summed E-state index contributed by atoms with van der Waals surface area (Å²) in [5.74, 6) is 0.355. The Bertz CT molecular complexity index is 1430. The molecule has 6 rings (SSSR count). The van der Waals surface area contributed by atoms with Gasteiger partial charge < -0.3 is 20.3 Å². The van der Waals surface area contributed by atoms with Gasteiger partial charge in [0.2, 0.25) is 0 Å². The number of amides is 1. The number of rotatable bonds is 7. The number of primary amides is 1. The Hall–Kier alpha value is -3.79. The Balaban J connectivity index is 1.46. The molecule has 2 aromatic heterocycles. The third-order valence-corrected chi connectivity index (χ3v) is 8.02. The van der Waals surface area contributed by atoms with E-state index in [1.165, 1.54) is 5.56 Å². The first kappa shape index (κ1) is 25.5. The highest BCUT2D eigenvalue weighted by atomic mass is 16.5. The predicted molar refractivity (Wildman–Crippen MR) is 152 cm³/mol. The van der Waals surface area contributed by atoms with Crippen LogP contribution in [-0.2, 0) is 11.2 Å². The molecule has 0 bridgehead atoms. The van der Waals surface area contributed by atoms with E-state index in [1.54, 1.807) is 12.3 Å². The summed E-state index contributed by atoms with van der Waals surface area (Å²) >= 11 is 0. The van der Waals surface area contributed by atoms with E-state index in [2.05, 4.69) is 56.1 Å². The van der Waals surface area contributed by atoms with Crippen LogP contribution in [0.4, 0.5) is 11.5 Å². The SMILES string of the molecule is CN1CCN(C2COCCC2N(c2ccccc2C(N)=O)c2n[nH]c3ccc(Cc4cccnc4)cc23)CC1. The van der Waals surface area contributed by atoms with Crippen LogP contribution in [0.15, 0.2) is 67.0 Å². The van der Waals surface area contributed by atoms with Gasteiger partial charge >= 0.3 is 0 Å². The number of aromatic nitrogens is 3. The Kier molecular flexibility index (Phi) is 7.28. The van der Waals surface area contributed by atoms with Gasteiger partial charge in [0.05, 0.1) is 35.5 Å². The van der Waals surface area contributed by atoms with Crippen molar-refractivity contribution in [1.29, 1.82) is 0 Å². The summed E-state index contributed by atoms with van der Waals surface area (Å²) in [6, 6.07) is 18.3. The van der Waals surface area contributed by atoms with E-state index in [9.17, 15) is 4.79 Å². The lowest BCUT2D eigenvalue weighted by molar-refractivity contribution is -0.00928. The van der Waals surface area contributed by atoms with Crippen molar-refractivity contribution >= 4 is 28.3 Å². The Morgan fingerprint density at radius 2 is 1.95 bits per heavy atom. The first-order valence-corrected chi connectivity index (χ1v) is 13.6. The zero-order valence-electron chi connectivity index (χ0n) is 22.3. The summed E-state index contributed by atoms with van der Waals surface area (Å²) in [6.07, 6.45) is 5.28. The van der Waals surface area contributed by atoms with E-state index in [4.69, 9.17) is 15.6 Å². The maximum Gasteiger partial charge on any atom is 0.250 e. The number of H-pyrrole nitrogens is 1. The fourth-order valence-electron chi connectivity index (χ4n) is 5.94. The first-order valence-electron chi connectivity index (χ1n) is 13.6. The third-order valence-electron chi connectivity index (χ3n) is 8.02. The van der Waals surface area contributed by atoms with Crippen molar-refractivity contribution in [2.24, 2.45) is 5.73 Å². The van der Waals surface area contributed by atoms with Gasteiger partial charge in [0.25, 0.3) is 5.91 Å². The molecule has 2 saturated heterocycles. The number of hydrogen-bond donors (Lipinski definition) is 2. The van der Waals surface area contributed by atoms with Gasteiger partial charge in [-0.1, -0.05) is 24.3 Å². The molecule has 3 N–H and O–H groups in total. The minimum Gasteiger partial charge on any atom is -0.380 e. The van der Waals surface area contributed by atoms with Crippen molar-refractivity contribution < 1.29 is 9.53 Å². The molecule has 2 fully saturated rings. The van der Waals surface area contributed by atoms with Crippen LogP contribution in [0.2, 0.25) is 0 Å². The van der Waals surface area contributed by atoms with Crippen molar-refractivity contribution in [3.63, 3.8) is 0 Å². The quantitative estimate of drug-likeness (QED) is 0.382.